The van der Waals surface area contributed by atoms with Crippen LogP contribution >= 0.6 is 11.6 Å². The summed E-state index contributed by atoms with van der Waals surface area (Å²) in [7, 11) is 1.57. The molecule has 1 aliphatic rings. The molecule has 1 aliphatic heterocycles. The number of methoxy groups -OCH3 is 1. The molecule has 1 saturated heterocycles. The Morgan fingerprint density at radius 2 is 1.83 bits per heavy atom. The summed E-state index contributed by atoms with van der Waals surface area (Å²) in [6.45, 7) is 1.51. The summed E-state index contributed by atoms with van der Waals surface area (Å²) < 4.78 is 5.31. The van der Waals surface area contributed by atoms with Crippen molar-refractivity contribution >= 4 is 29.0 Å². The number of nitrogens with one attached hydrogen (secondary N) is 1. The van der Waals surface area contributed by atoms with Gasteiger partial charge < -0.3 is 15.0 Å². The first-order chi connectivity index (χ1) is 14.6. The van der Waals surface area contributed by atoms with Gasteiger partial charge in [-0.15, -0.1) is 10.2 Å². The van der Waals surface area contributed by atoms with E-state index in [1.165, 1.54) is 0 Å². The Bertz CT molecular complexity index is 1000. The van der Waals surface area contributed by atoms with Crippen LogP contribution < -0.4 is 15.0 Å². The molecule has 0 radical (unpaired) electrons. The van der Waals surface area contributed by atoms with Gasteiger partial charge in [-0.05, 0) is 43.2 Å². The Hall–Kier alpha value is -3.12. The van der Waals surface area contributed by atoms with Gasteiger partial charge in [-0.2, -0.15) is 0 Å². The van der Waals surface area contributed by atoms with Crippen molar-refractivity contribution in [2.75, 3.05) is 30.4 Å². The number of hydrogen-bond donors (Lipinski definition) is 1. The zero-order chi connectivity index (χ0) is 20.9. The Labute approximate surface area is 180 Å². The van der Waals surface area contributed by atoms with Gasteiger partial charge in [0, 0.05) is 29.6 Å². The molecule has 0 saturated carbocycles. The fourth-order valence-corrected chi connectivity index (χ4v) is 3.81. The smallest absolute Gasteiger partial charge is 0.227 e. The SMILES string of the molecule is COc1ccc(Cl)cc1NC(=O)C1CCN(c2ccc(-c3ccccc3)nn2)CC1. The van der Waals surface area contributed by atoms with E-state index >= 15 is 0 Å². The number of anilines is 2. The van der Waals surface area contributed by atoms with Gasteiger partial charge in [-0.1, -0.05) is 41.9 Å². The monoisotopic (exact) mass is 422 g/mol. The molecule has 2 heterocycles. The molecule has 30 heavy (non-hydrogen) atoms. The van der Waals surface area contributed by atoms with Crippen molar-refractivity contribution in [3.8, 4) is 17.0 Å². The van der Waals surface area contributed by atoms with Crippen molar-refractivity contribution in [2.45, 2.75) is 12.8 Å². The molecule has 4 rings (SSSR count). The van der Waals surface area contributed by atoms with Crippen LogP contribution in [0.5, 0.6) is 5.75 Å². The average Bonchev–Trinajstić information content (AvgIpc) is 2.80. The minimum Gasteiger partial charge on any atom is -0.495 e. The first kappa shape index (κ1) is 20.2. The highest BCUT2D eigenvalue weighted by Crippen LogP contribution is 2.30. The molecule has 0 aliphatic carbocycles. The molecule has 0 spiro atoms. The number of amides is 1. The highest BCUT2D eigenvalue weighted by Gasteiger charge is 2.26. The van der Waals surface area contributed by atoms with Crippen LogP contribution in [0.1, 0.15) is 12.8 Å². The molecule has 0 atom stereocenters. The molecule has 0 unspecified atom stereocenters. The molecule has 1 fully saturated rings. The van der Waals surface area contributed by atoms with Crippen LogP contribution in [0.15, 0.2) is 60.7 Å². The molecule has 1 aromatic heterocycles. The van der Waals surface area contributed by atoms with Crippen molar-refractivity contribution in [1.29, 1.82) is 0 Å². The van der Waals surface area contributed by atoms with E-state index in [2.05, 4.69) is 20.4 Å². The summed E-state index contributed by atoms with van der Waals surface area (Å²) in [6, 6.07) is 19.2. The number of halogens is 1. The van der Waals surface area contributed by atoms with Crippen molar-refractivity contribution in [1.82, 2.24) is 10.2 Å². The van der Waals surface area contributed by atoms with Gasteiger partial charge in [0.05, 0.1) is 18.5 Å². The third kappa shape index (κ3) is 4.54. The number of ether oxygens (including phenoxy) is 1. The molecule has 0 bridgehead atoms. The lowest BCUT2D eigenvalue weighted by Crippen LogP contribution is -2.38. The van der Waals surface area contributed by atoms with Crippen LogP contribution in [0.25, 0.3) is 11.3 Å². The molecule has 154 valence electrons. The summed E-state index contributed by atoms with van der Waals surface area (Å²) in [4.78, 5) is 14.9. The van der Waals surface area contributed by atoms with Gasteiger partial charge in [0.1, 0.15) is 5.75 Å². The van der Waals surface area contributed by atoms with Crippen LogP contribution in [0.3, 0.4) is 0 Å². The fourth-order valence-electron chi connectivity index (χ4n) is 3.64. The number of hydrogen-bond acceptors (Lipinski definition) is 5. The van der Waals surface area contributed by atoms with Crippen LogP contribution in [0.4, 0.5) is 11.5 Å². The molecular weight excluding hydrogens is 400 g/mol. The van der Waals surface area contributed by atoms with Gasteiger partial charge in [-0.3, -0.25) is 4.79 Å². The average molecular weight is 423 g/mol. The lowest BCUT2D eigenvalue weighted by Gasteiger charge is -2.32. The summed E-state index contributed by atoms with van der Waals surface area (Å²) in [6.07, 6.45) is 1.49. The molecule has 1 amide bonds. The van der Waals surface area contributed by atoms with Crippen molar-refractivity contribution in [2.24, 2.45) is 5.92 Å². The van der Waals surface area contributed by atoms with Crippen molar-refractivity contribution in [3.05, 3.63) is 65.7 Å². The van der Waals surface area contributed by atoms with Crippen molar-refractivity contribution in [3.63, 3.8) is 0 Å². The van der Waals surface area contributed by atoms with Crippen LogP contribution in [-0.4, -0.2) is 36.3 Å². The standard InChI is InChI=1S/C23H23ClN4O2/c1-30-21-9-7-18(24)15-20(21)25-23(29)17-11-13-28(14-12-17)22-10-8-19(26-27-22)16-5-3-2-4-6-16/h2-10,15,17H,11-14H2,1H3,(H,25,29). The minimum absolute atomic E-state index is 0.0132. The summed E-state index contributed by atoms with van der Waals surface area (Å²) in [5, 5.41) is 12.3. The lowest BCUT2D eigenvalue weighted by atomic mass is 9.95. The van der Waals surface area contributed by atoms with E-state index in [9.17, 15) is 4.79 Å². The maximum atomic E-state index is 12.7. The first-order valence-corrected chi connectivity index (χ1v) is 10.3. The molecule has 6 nitrogen and oxygen atoms in total. The van der Waals surface area contributed by atoms with E-state index in [4.69, 9.17) is 16.3 Å². The Morgan fingerprint density at radius 1 is 1.07 bits per heavy atom. The fraction of sp³-hybridized carbons (Fsp3) is 0.261. The second kappa shape index (κ2) is 9.13. The molecule has 2 aromatic carbocycles. The minimum atomic E-state index is -0.0681. The molecule has 1 N–H and O–H groups in total. The zero-order valence-corrected chi connectivity index (χ0v) is 17.5. The molecular formula is C23H23ClN4O2. The van der Waals surface area contributed by atoms with E-state index in [1.54, 1.807) is 25.3 Å². The maximum Gasteiger partial charge on any atom is 0.227 e. The highest BCUT2D eigenvalue weighted by molar-refractivity contribution is 6.31. The van der Waals surface area contributed by atoms with Gasteiger partial charge >= 0.3 is 0 Å². The Kier molecular flexibility index (Phi) is 6.14. The highest BCUT2D eigenvalue weighted by atomic mass is 35.5. The van der Waals surface area contributed by atoms with Gasteiger partial charge in [-0.25, -0.2) is 0 Å². The number of carbonyl (C=O) groups excluding carboxylic acids is 1. The maximum absolute atomic E-state index is 12.7. The topological polar surface area (TPSA) is 67.3 Å². The number of carbonyl (C=O) groups is 1. The second-order valence-corrected chi connectivity index (χ2v) is 7.67. The Morgan fingerprint density at radius 3 is 2.50 bits per heavy atom. The lowest BCUT2D eigenvalue weighted by molar-refractivity contribution is -0.120. The number of nitrogens with zero attached hydrogens (tertiary/aromatic N) is 3. The van der Waals surface area contributed by atoms with Crippen LogP contribution in [-0.2, 0) is 4.79 Å². The predicted octanol–water partition coefficient (Wildman–Crippen LogP) is 4.66. The third-order valence-electron chi connectivity index (χ3n) is 5.33. The summed E-state index contributed by atoms with van der Waals surface area (Å²) in [5.74, 6) is 1.35. The van der Waals surface area contributed by atoms with E-state index in [-0.39, 0.29) is 11.8 Å². The number of benzene rings is 2. The van der Waals surface area contributed by atoms with E-state index in [0.29, 0.717) is 16.5 Å². The van der Waals surface area contributed by atoms with E-state index < -0.39 is 0 Å². The molecule has 3 aromatic rings. The summed E-state index contributed by atoms with van der Waals surface area (Å²) >= 11 is 6.05. The van der Waals surface area contributed by atoms with Gasteiger partial charge in [0.25, 0.3) is 0 Å². The van der Waals surface area contributed by atoms with Crippen LogP contribution in [0.2, 0.25) is 5.02 Å². The van der Waals surface area contributed by atoms with Gasteiger partial charge in [0.2, 0.25) is 5.91 Å². The number of rotatable bonds is 5. The zero-order valence-electron chi connectivity index (χ0n) is 16.7. The first-order valence-electron chi connectivity index (χ1n) is 9.92. The quantitative estimate of drug-likeness (QED) is 0.647. The Balaban J connectivity index is 1.36. The number of piperidine rings is 1. The van der Waals surface area contributed by atoms with Gasteiger partial charge in [0.15, 0.2) is 5.82 Å². The largest absolute Gasteiger partial charge is 0.495 e. The second-order valence-electron chi connectivity index (χ2n) is 7.24. The molecule has 7 heteroatoms. The van der Waals surface area contributed by atoms with Crippen LogP contribution in [0, 0.1) is 5.92 Å². The number of aromatic nitrogens is 2. The van der Waals surface area contributed by atoms with E-state index in [1.807, 2.05) is 42.5 Å². The normalized spacial score (nSPS) is 14.4. The third-order valence-corrected chi connectivity index (χ3v) is 5.56. The summed E-state index contributed by atoms with van der Waals surface area (Å²) in [5.41, 5.74) is 2.49. The van der Waals surface area contributed by atoms with Crippen molar-refractivity contribution < 1.29 is 9.53 Å². The predicted molar refractivity (Wildman–Crippen MR) is 119 cm³/mol. The van der Waals surface area contributed by atoms with E-state index in [0.717, 1.165) is 43.0 Å².